The number of hydrogen-bond donors (Lipinski definition) is 2. The van der Waals surface area contributed by atoms with Crippen molar-refractivity contribution in [2.24, 2.45) is 0 Å². The predicted molar refractivity (Wildman–Crippen MR) is 57.6 cm³/mol. The van der Waals surface area contributed by atoms with Gasteiger partial charge in [-0.05, 0) is 18.7 Å². The van der Waals surface area contributed by atoms with Crippen LogP contribution in [0.1, 0.15) is 11.6 Å². The van der Waals surface area contributed by atoms with Gasteiger partial charge >= 0.3 is 0 Å². The van der Waals surface area contributed by atoms with Gasteiger partial charge in [-0.15, -0.1) is 24.8 Å². The summed E-state index contributed by atoms with van der Waals surface area (Å²) in [5, 5.41) is 11.9. The zero-order valence-electron chi connectivity index (χ0n) is 7.30. The SMILES string of the molecule is CNC(CO)c1cccnc1.Cl.Cl. The molecule has 0 saturated carbocycles. The highest BCUT2D eigenvalue weighted by Gasteiger charge is 2.05. The van der Waals surface area contributed by atoms with Gasteiger partial charge in [0, 0.05) is 12.4 Å². The van der Waals surface area contributed by atoms with Crippen LogP contribution in [-0.4, -0.2) is 23.7 Å². The van der Waals surface area contributed by atoms with E-state index in [1.54, 1.807) is 12.4 Å². The number of rotatable bonds is 3. The molecule has 0 aliphatic carbocycles. The van der Waals surface area contributed by atoms with Crippen LogP contribution in [0.5, 0.6) is 0 Å². The van der Waals surface area contributed by atoms with Crippen LogP contribution in [-0.2, 0) is 0 Å². The van der Waals surface area contributed by atoms with Gasteiger partial charge in [0.05, 0.1) is 12.6 Å². The average Bonchev–Trinajstić information content (AvgIpc) is 2.09. The highest BCUT2D eigenvalue weighted by Crippen LogP contribution is 2.08. The number of halogens is 2. The number of aromatic nitrogens is 1. The normalized spacial score (nSPS) is 10.9. The molecule has 1 heterocycles. The van der Waals surface area contributed by atoms with Gasteiger partial charge in [0.25, 0.3) is 0 Å². The Morgan fingerprint density at radius 1 is 1.54 bits per heavy atom. The van der Waals surface area contributed by atoms with E-state index in [-0.39, 0.29) is 37.5 Å². The molecule has 0 radical (unpaired) electrons. The number of pyridine rings is 1. The Morgan fingerprint density at radius 2 is 2.23 bits per heavy atom. The van der Waals surface area contributed by atoms with Gasteiger partial charge in [-0.25, -0.2) is 0 Å². The molecule has 13 heavy (non-hydrogen) atoms. The van der Waals surface area contributed by atoms with E-state index < -0.39 is 0 Å². The number of aliphatic hydroxyl groups is 1. The highest BCUT2D eigenvalue weighted by atomic mass is 35.5. The molecule has 1 aromatic heterocycles. The quantitative estimate of drug-likeness (QED) is 0.811. The molecule has 1 rings (SSSR count). The van der Waals surface area contributed by atoms with Gasteiger partial charge < -0.3 is 10.4 Å². The Labute approximate surface area is 90.4 Å². The first-order chi connectivity index (χ1) is 5.38. The van der Waals surface area contributed by atoms with Gasteiger partial charge in [0.15, 0.2) is 0 Å². The maximum absolute atomic E-state index is 8.89. The van der Waals surface area contributed by atoms with Gasteiger partial charge in [0.1, 0.15) is 0 Å². The predicted octanol–water partition coefficient (Wildman–Crippen LogP) is 1.18. The fourth-order valence-corrected chi connectivity index (χ4v) is 0.945. The molecular formula is C8H14Cl2N2O. The summed E-state index contributed by atoms with van der Waals surface area (Å²) < 4.78 is 0. The van der Waals surface area contributed by atoms with Gasteiger partial charge in [-0.2, -0.15) is 0 Å². The molecule has 0 aromatic carbocycles. The second-order valence-corrected chi connectivity index (χ2v) is 2.31. The molecule has 0 saturated heterocycles. The van der Waals surface area contributed by atoms with Crippen LogP contribution in [0.4, 0.5) is 0 Å². The largest absolute Gasteiger partial charge is 0.394 e. The van der Waals surface area contributed by atoms with Crippen molar-refractivity contribution in [3.8, 4) is 0 Å². The molecule has 1 unspecified atom stereocenters. The summed E-state index contributed by atoms with van der Waals surface area (Å²) >= 11 is 0. The lowest BCUT2D eigenvalue weighted by molar-refractivity contribution is 0.251. The van der Waals surface area contributed by atoms with Crippen LogP contribution in [0.15, 0.2) is 24.5 Å². The second kappa shape index (κ2) is 8.26. The molecule has 5 heteroatoms. The fraction of sp³-hybridized carbons (Fsp3) is 0.375. The van der Waals surface area contributed by atoms with E-state index in [0.29, 0.717) is 0 Å². The maximum Gasteiger partial charge on any atom is 0.0626 e. The molecule has 1 aromatic rings. The average molecular weight is 225 g/mol. The Balaban J connectivity index is 0. The van der Waals surface area contributed by atoms with Crippen molar-refractivity contribution in [1.82, 2.24) is 10.3 Å². The number of likely N-dealkylation sites (N-methyl/N-ethyl adjacent to an activating group) is 1. The van der Waals surface area contributed by atoms with Gasteiger partial charge in [-0.1, -0.05) is 6.07 Å². The molecule has 76 valence electrons. The van der Waals surface area contributed by atoms with Crippen LogP contribution in [0.2, 0.25) is 0 Å². The maximum atomic E-state index is 8.89. The monoisotopic (exact) mass is 224 g/mol. The molecular weight excluding hydrogens is 211 g/mol. The molecule has 0 bridgehead atoms. The zero-order valence-corrected chi connectivity index (χ0v) is 8.94. The zero-order chi connectivity index (χ0) is 8.10. The summed E-state index contributed by atoms with van der Waals surface area (Å²) in [6.07, 6.45) is 3.46. The third-order valence-corrected chi connectivity index (χ3v) is 1.62. The van der Waals surface area contributed by atoms with Crippen molar-refractivity contribution < 1.29 is 5.11 Å². The number of aliphatic hydroxyl groups excluding tert-OH is 1. The Hall–Kier alpha value is -0.350. The summed E-state index contributed by atoms with van der Waals surface area (Å²) in [4.78, 5) is 3.95. The molecule has 0 aliphatic rings. The van der Waals surface area contributed by atoms with E-state index in [1.807, 2.05) is 19.2 Å². The van der Waals surface area contributed by atoms with Crippen LogP contribution >= 0.6 is 24.8 Å². The van der Waals surface area contributed by atoms with Crippen molar-refractivity contribution in [2.45, 2.75) is 6.04 Å². The van der Waals surface area contributed by atoms with Gasteiger partial charge in [0.2, 0.25) is 0 Å². The molecule has 0 fully saturated rings. The van der Waals surface area contributed by atoms with Crippen LogP contribution < -0.4 is 5.32 Å². The van der Waals surface area contributed by atoms with E-state index in [1.165, 1.54) is 0 Å². The molecule has 0 amide bonds. The first-order valence-corrected chi connectivity index (χ1v) is 3.56. The third-order valence-electron chi connectivity index (χ3n) is 1.62. The smallest absolute Gasteiger partial charge is 0.0626 e. The van der Waals surface area contributed by atoms with Crippen molar-refractivity contribution in [3.63, 3.8) is 0 Å². The number of nitrogens with zero attached hydrogens (tertiary/aromatic N) is 1. The first-order valence-electron chi connectivity index (χ1n) is 3.56. The van der Waals surface area contributed by atoms with Crippen LogP contribution in [0.3, 0.4) is 0 Å². The van der Waals surface area contributed by atoms with Crippen LogP contribution in [0, 0.1) is 0 Å². The van der Waals surface area contributed by atoms with E-state index in [9.17, 15) is 0 Å². The molecule has 0 aliphatic heterocycles. The summed E-state index contributed by atoms with van der Waals surface area (Å²) in [7, 11) is 1.81. The Bertz CT molecular complexity index is 205. The topological polar surface area (TPSA) is 45.1 Å². The number of nitrogens with one attached hydrogen (secondary N) is 1. The van der Waals surface area contributed by atoms with E-state index in [4.69, 9.17) is 5.11 Å². The fourth-order valence-electron chi connectivity index (χ4n) is 0.945. The third kappa shape index (κ3) is 4.43. The molecule has 2 N–H and O–H groups in total. The lowest BCUT2D eigenvalue weighted by Gasteiger charge is -2.11. The summed E-state index contributed by atoms with van der Waals surface area (Å²) in [5.41, 5.74) is 1.01. The standard InChI is InChI=1S/C8H12N2O.2ClH/c1-9-8(6-11)7-3-2-4-10-5-7;;/h2-5,8-9,11H,6H2,1H3;2*1H. The first kappa shape index (κ1) is 15.1. The lowest BCUT2D eigenvalue weighted by Crippen LogP contribution is -2.19. The van der Waals surface area contributed by atoms with Gasteiger partial charge in [-0.3, -0.25) is 4.98 Å². The minimum atomic E-state index is 0. The Kier molecular flexibility index (Phi) is 9.61. The molecule has 0 spiro atoms. The van der Waals surface area contributed by atoms with E-state index in [0.717, 1.165) is 5.56 Å². The highest BCUT2D eigenvalue weighted by molar-refractivity contribution is 5.85. The Morgan fingerprint density at radius 3 is 2.62 bits per heavy atom. The lowest BCUT2D eigenvalue weighted by atomic mass is 10.1. The molecule has 3 nitrogen and oxygen atoms in total. The van der Waals surface area contributed by atoms with Crippen molar-refractivity contribution in [2.75, 3.05) is 13.7 Å². The summed E-state index contributed by atoms with van der Waals surface area (Å²) in [5.74, 6) is 0. The molecule has 1 atom stereocenters. The van der Waals surface area contributed by atoms with Crippen molar-refractivity contribution in [3.05, 3.63) is 30.1 Å². The van der Waals surface area contributed by atoms with Crippen molar-refractivity contribution >= 4 is 24.8 Å². The van der Waals surface area contributed by atoms with Crippen LogP contribution in [0.25, 0.3) is 0 Å². The van der Waals surface area contributed by atoms with E-state index >= 15 is 0 Å². The summed E-state index contributed by atoms with van der Waals surface area (Å²) in [6, 6.07) is 3.79. The minimum Gasteiger partial charge on any atom is -0.394 e. The van der Waals surface area contributed by atoms with E-state index in [2.05, 4.69) is 10.3 Å². The number of hydrogen-bond acceptors (Lipinski definition) is 3. The summed E-state index contributed by atoms with van der Waals surface area (Å²) in [6.45, 7) is 0.0994. The van der Waals surface area contributed by atoms with Crippen molar-refractivity contribution in [1.29, 1.82) is 0 Å². The second-order valence-electron chi connectivity index (χ2n) is 2.31. The minimum absolute atomic E-state index is 0.